The van der Waals surface area contributed by atoms with Crippen LogP contribution in [0.1, 0.15) is 30.8 Å². The molecular weight excluding hydrogens is 355 g/mol. The summed E-state index contributed by atoms with van der Waals surface area (Å²) in [5.41, 5.74) is 1.73. The lowest BCUT2D eigenvalue weighted by Gasteiger charge is -2.14. The fraction of sp³-hybridized carbons (Fsp3) is 0.200. The summed E-state index contributed by atoms with van der Waals surface area (Å²) in [6.07, 6.45) is 2.23. The number of hydrogen-bond donors (Lipinski definition) is 1. The van der Waals surface area contributed by atoms with Crippen molar-refractivity contribution in [3.8, 4) is 11.3 Å². The first-order chi connectivity index (χ1) is 12.5. The molecular formula is C20H18ClFN2O2. The van der Waals surface area contributed by atoms with Gasteiger partial charge in [0.2, 0.25) is 5.91 Å². The maximum absolute atomic E-state index is 13.0. The van der Waals surface area contributed by atoms with Gasteiger partial charge in [-0.25, -0.2) is 9.37 Å². The van der Waals surface area contributed by atoms with E-state index in [1.807, 2.05) is 19.1 Å². The van der Waals surface area contributed by atoms with Crippen LogP contribution in [0.4, 0.5) is 4.39 Å². The van der Waals surface area contributed by atoms with E-state index in [1.54, 1.807) is 30.5 Å². The van der Waals surface area contributed by atoms with Gasteiger partial charge in [0.1, 0.15) is 5.82 Å². The second-order valence-electron chi connectivity index (χ2n) is 5.97. The van der Waals surface area contributed by atoms with Gasteiger partial charge in [-0.3, -0.25) is 4.79 Å². The maximum atomic E-state index is 13.0. The molecule has 6 heteroatoms. The Morgan fingerprint density at radius 2 is 1.88 bits per heavy atom. The number of nitrogens with one attached hydrogen (secondary N) is 1. The highest BCUT2D eigenvalue weighted by molar-refractivity contribution is 6.30. The predicted molar refractivity (Wildman–Crippen MR) is 98.2 cm³/mol. The first-order valence-corrected chi connectivity index (χ1v) is 8.64. The van der Waals surface area contributed by atoms with Gasteiger partial charge in [-0.2, -0.15) is 0 Å². The second-order valence-corrected chi connectivity index (χ2v) is 6.40. The fourth-order valence-electron chi connectivity index (χ4n) is 2.54. The van der Waals surface area contributed by atoms with Crippen molar-refractivity contribution < 1.29 is 13.6 Å². The van der Waals surface area contributed by atoms with Crippen LogP contribution in [-0.4, -0.2) is 10.9 Å². The van der Waals surface area contributed by atoms with Crippen molar-refractivity contribution in [1.82, 2.24) is 10.3 Å². The number of aryl methyl sites for hydroxylation is 1. The highest BCUT2D eigenvalue weighted by Gasteiger charge is 2.12. The molecule has 0 unspecified atom stereocenters. The van der Waals surface area contributed by atoms with Crippen LogP contribution < -0.4 is 5.32 Å². The molecule has 0 aliphatic rings. The number of halogens is 2. The zero-order chi connectivity index (χ0) is 18.5. The summed E-state index contributed by atoms with van der Waals surface area (Å²) >= 11 is 5.87. The van der Waals surface area contributed by atoms with Crippen molar-refractivity contribution >= 4 is 17.5 Å². The van der Waals surface area contributed by atoms with Crippen molar-refractivity contribution in [2.24, 2.45) is 0 Å². The van der Waals surface area contributed by atoms with E-state index < -0.39 is 0 Å². The van der Waals surface area contributed by atoms with E-state index in [-0.39, 0.29) is 24.2 Å². The normalized spacial score (nSPS) is 12.0. The van der Waals surface area contributed by atoms with Gasteiger partial charge in [0.15, 0.2) is 11.7 Å². The van der Waals surface area contributed by atoms with E-state index in [1.165, 1.54) is 12.1 Å². The quantitative estimate of drug-likeness (QED) is 0.666. The predicted octanol–water partition coefficient (Wildman–Crippen LogP) is 4.94. The molecule has 0 radical (unpaired) electrons. The van der Waals surface area contributed by atoms with E-state index in [9.17, 15) is 9.18 Å². The summed E-state index contributed by atoms with van der Waals surface area (Å²) in [7, 11) is 0. The molecule has 0 aliphatic heterocycles. The molecule has 2 aromatic carbocycles. The molecule has 0 bridgehead atoms. The number of carbonyl (C=O) groups excluding carboxylic acids is 1. The van der Waals surface area contributed by atoms with Crippen molar-refractivity contribution in [3.63, 3.8) is 0 Å². The average Bonchev–Trinajstić information content (AvgIpc) is 3.10. The van der Waals surface area contributed by atoms with Crippen molar-refractivity contribution in [2.45, 2.75) is 25.8 Å². The van der Waals surface area contributed by atoms with Crippen LogP contribution in [0, 0.1) is 5.82 Å². The first-order valence-electron chi connectivity index (χ1n) is 8.27. The topological polar surface area (TPSA) is 55.1 Å². The number of carbonyl (C=O) groups is 1. The lowest BCUT2D eigenvalue weighted by atomic mass is 10.1. The van der Waals surface area contributed by atoms with Gasteiger partial charge in [-0.05, 0) is 48.9 Å². The minimum absolute atomic E-state index is 0.0889. The standard InChI is InChI=1S/C20H18ClFN2O2/c1-13(14-2-6-16(21)7-3-14)24-19(25)10-11-20-23-12-18(26-20)15-4-8-17(22)9-5-15/h2-9,12-13H,10-11H2,1H3,(H,24,25)/t13-/m0/s1. The molecule has 0 fully saturated rings. The van der Waals surface area contributed by atoms with Crippen LogP contribution in [-0.2, 0) is 11.2 Å². The Morgan fingerprint density at radius 3 is 2.58 bits per heavy atom. The van der Waals surface area contributed by atoms with Crippen molar-refractivity contribution in [1.29, 1.82) is 0 Å². The van der Waals surface area contributed by atoms with Crippen LogP contribution in [0.25, 0.3) is 11.3 Å². The molecule has 26 heavy (non-hydrogen) atoms. The summed E-state index contributed by atoms with van der Waals surface area (Å²) in [6.45, 7) is 1.92. The second kappa shape index (κ2) is 8.15. The van der Waals surface area contributed by atoms with E-state index >= 15 is 0 Å². The third-order valence-corrected chi connectivity index (χ3v) is 4.25. The molecule has 3 rings (SSSR count). The third-order valence-electron chi connectivity index (χ3n) is 4.00. The average molecular weight is 373 g/mol. The van der Waals surface area contributed by atoms with Crippen molar-refractivity contribution in [3.05, 3.63) is 77.0 Å². The Hall–Kier alpha value is -2.66. The smallest absolute Gasteiger partial charge is 0.220 e. The number of amides is 1. The minimum Gasteiger partial charge on any atom is -0.441 e. The van der Waals surface area contributed by atoms with Crippen LogP contribution in [0.3, 0.4) is 0 Å². The molecule has 1 N–H and O–H groups in total. The summed E-state index contributed by atoms with van der Waals surface area (Å²) in [5, 5.41) is 3.60. The van der Waals surface area contributed by atoms with Gasteiger partial charge < -0.3 is 9.73 Å². The fourth-order valence-corrected chi connectivity index (χ4v) is 2.67. The summed E-state index contributed by atoms with van der Waals surface area (Å²) < 4.78 is 18.6. The maximum Gasteiger partial charge on any atom is 0.220 e. The molecule has 1 aromatic heterocycles. The van der Waals surface area contributed by atoms with Gasteiger partial charge in [0.25, 0.3) is 0 Å². The first kappa shape index (κ1) is 18.1. The molecule has 0 spiro atoms. The molecule has 1 heterocycles. The third kappa shape index (κ3) is 4.70. The molecule has 1 amide bonds. The Balaban J connectivity index is 1.53. The number of nitrogens with zero attached hydrogens (tertiary/aromatic N) is 1. The molecule has 1 atom stereocenters. The molecule has 0 aliphatic carbocycles. The lowest BCUT2D eigenvalue weighted by Crippen LogP contribution is -2.26. The Morgan fingerprint density at radius 1 is 1.19 bits per heavy atom. The SMILES string of the molecule is C[C@H](NC(=O)CCc1ncc(-c2ccc(F)cc2)o1)c1ccc(Cl)cc1. The monoisotopic (exact) mass is 372 g/mol. The van der Waals surface area contributed by atoms with Gasteiger partial charge in [-0.15, -0.1) is 0 Å². The Labute approximate surface area is 156 Å². The van der Waals surface area contributed by atoms with E-state index in [0.717, 1.165) is 11.1 Å². The molecule has 0 saturated heterocycles. The Kier molecular flexibility index (Phi) is 5.68. The number of hydrogen-bond acceptors (Lipinski definition) is 3. The molecule has 0 saturated carbocycles. The van der Waals surface area contributed by atoms with Crippen LogP contribution in [0.2, 0.25) is 5.02 Å². The van der Waals surface area contributed by atoms with Crippen molar-refractivity contribution in [2.75, 3.05) is 0 Å². The number of oxazole rings is 1. The van der Waals surface area contributed by atoms with E-state index in [4.69, 9.17) is 16.0 Å². The van der Waals surface area contributed by atoms with Crippen LogP contribution >= 0.6 is 11.6 Å². The van der Waals surface area contributed by atoms with E-state index in [2.05, 4.69) is 10.3 Å². The van der Waals surface area contributed by atoms with Gasteiger partial charge in [-0.1, -0.05) is 23.7 Å². The lowest BCUT2D eigenvalue weighted by molar-refractivity contribution is -0.121. The molecule has 4 nitrogen and oxygen atoms in total. The molecule has 134 valence electrons. The summed E-state index contributed by atoms with van der Waals surface area (Å²) in [6, 6.07) is 13.2. The zero-order valence-electron chi connectivity index (χ0n) is 14.2. The van der Waals surface area contributed by atoms with Gasteiger partial charge in [0.05, 0.1) is 12.2 Å². The summed E-state index contributed by atoms with van der Waals surface area (Å²) in [4.78, 5) is 16.3. The highest BCUT2D eigenvalue weighted by Crippen LogP contribution is 2.21. The van der Waals surface area contributed by atoms with Gasteiger partial charge >= 0.3 is 0 Å². The highest BCUT2D eigenvalue weighted by atomic mass is 35.5. The number of aromatic nitrogens is 1. The Bertz CT molecular complexity index is 876. The molecule has 3 aromatic rings. The van der Waals surface area contributed by atoms with Gasteiger partial charge in [0, 0.05) is 23.4 Å². The summed E-state index contributed by atoms with van der Waals surface area (Å²) in [5.74, 6) is 0.627. The largest absolute Gasteiger partial charge is 0.441 e. The number of rotatable bonds is 6. The van der Waals surface area contributed by atoms with E-state index in [0.29, 0.717) is 23.1 Å². The van der Waals surface area contributed by atoms with Crippen LogP contribution in [0.5, 0.6) is 0 Å². The minimum atomic E-state index is -0.306. The zero-order valence-corrected chi connectivity index (χ0v) is 15.0. The number of benzene rings is 2. The van der Waals surface area contributed by atoms with Crippen LogP contribution in [0.15, 0.2) is 59.1 Å².